The van der Waals surface area contributed by atoms with Gasteiger partial charge in [-0.05, 0) is 24.3 Å². The zero-order valence-corrected chi connectivity index (χ0v) is 16.2. The van der Waals surface area contributed by atoms with Gasteiger partial charge in [0.15, 0.2) is 4.96 Å². The smallest absolute Gasteiger partial charge is 0.227 e. The van der Waals surface area contributed by atoms with Crippen LogP contribution in [0.2, 0.25) is 0 Å². The van der Waals surface area contributed by atoms with Crippen LogP contribution in [0.1, 0.15) is 27.2 Å². The lowest BCUT2D eigenvalue weighted by molar-refractivity contribution is -0.128. The summed E-state index contributed by atoms with van der Waals surface area (Å²) in [6, 6.07) is 5.97. The van der Waals surface area contributed by atoms with Crippen molar-refractivity contribution >= 4 is 33.9 Å². The van der Waals surface area contributed by atoms with Crippen LogP contribution < -0.4 is 10.6 Å². The molecule has 0 unspecified atom stereocenters. The maximum absolute atomic E-state index is 13.2. The quantitative estimate of drug-likeness (QED) is 0.700. The highest BCUT2D eigenvalue weighted by atomic mass is 32.1. The molecule has 2 aromatic heterocycles. The number of carbonyl (C=O) groups is 2. The predicted octanol–water partition coefficient (Wildman–Crippen LogP) is 3.69. The summed E-state index contributed by atoms with van der Waals surface area (Å²) in [5, 5.41) is 7.50. The second kappa shape index (κ2) is 7.48. The Morgan fingerprint density at radius 3 is 2.59 bits per heavy atom. The van der Waals surface area contributed by atoms with E-state index in [0.717, 1.165) is 4.96 Å². The lowest BCUT2D eigenvalue weighted by Crippen LogP contribution is -2.36. The van der Waals surface area contributed by atoms with E-state index in [9.17, 15) is 14.0 Å². The number of hydrogen-bond donors (Lipinski definition) is 2. The zero-order valence-electron chi connectivity index (χ0n) is 15.4. The van der Waals surface area contributed by atoms with Crippen molar-refractivity contribution in [2.75, 3.05) is 11.9 Å². The van der Waals surface area contributed by atoms with Gasteiger partial charge in [0.05, 0.1) is 0 Å². The molecule has 0 fully saturated rings. The number of thiazole rings is 1. The lowest BCUT2D eigenvalue weighted by Gasteiger charge is -2.17. The van der Waals surface area contributed by atoms with Crippen LogP contribution in [0.4, 0.5) is 10.2 Å². The fourth-order valence-electron chi connectivity index (χ4n) is 2.46. The number of halogens is 1. The van der Waals surface area contributed by atoms with Gasteiger partial charge in [0, 0.05) is 35.5 Å². The summed E-state index contributed by atoms with van der Waals surface area (Å²) in [6.45, 7) is 5.70. The van der Waals surface area contributed by atoms with E-state index in [-0.39, 0.29) is 30.6 Å². The molecule has 2 amide bonds. The Kier molecular flexibility index (Phi) is 5.27. The Morgan fingerprint density at radius 1 is 1.22 bits per heavy atom. The maximum Gasteiger partial charge on any atom is 0.227 e. The number of anilines is 1. The van der Waals surface area contributed by atoms with Gasteiger partial charge in [-0.15, -0.1) is 11.3 Å². The highest BCUT2D eigenvalue weighted by Gasteiger charge is 2.21. The molecule has 142 valence electrons. The highest BCUT2D eigenvalue weighted by molar-refractivity contribution is 7.15. The van der Waals surface area contributed by atoms with Gasteiger partial charge < -0.3 is 10.6 Å². The van der Waals surface area contributed by atoms with Crippen molar-refractivity contribution in [2.24, 2.45) is 5.41 Å². The summed E-state index contributed by atoms with van der Waals surface area (Å²) < 4.78 is 15.0. The fourth-order valence-corrected chi connectivity index (χ4v) is 3.18. The van der Waals surface area contributed by atoms with Gasteiger partial charge in [-0.1, -0.05) is 20.8 Å². The molecule has 3 rings (SSSR count). The van der Waals surface area contributed by atoms with E-state index in [4.69, 9.17) is 0 Å². The van der Waals surface area contributed by atoms with E-state index in [1.54, 1.807) is 16.5 Å². The summed E-state index contributed by atoms with van der Waals surface area (Å²) in [5.41, 5.74) is 0.790. The molecule has 1 aromatic carbocycles. The van der Waals surface area contributed by atoms with Crippen molar-refractivity contribution in [3.05, 3.63) is 41.7 Å². The van der Waals surface area contributed by atoms with Gasteiger partial charge in [-0.25, -0.2) is 9.37 Å². The predicted molar refractivity (Wildman–Crippen MR) is 104 cm³/mol. The van der Waals surface area contributed by atoms with Crippen LogP contribution in [0, 0.1) is 11.2 Å². The van der Waals surface area contributed by atoms with E-state index >= 15 is 0 Å². The van der Waals surface area contributed by atoms with Gasteiger partial charge in [0.25, 0.3) is 0 Å². The monoisotopic (exact) mass is 388 g/mol. The number of benzene rings is 1. The van der Waals surface area contributed by atoms with Gasteiger partial charge in [-0.3, -0.25) is 14.0 Å². The summed E-state index contributed by atoms with van der Waals surface area (Å²) in [7, 11) is 0. The second-order valence-electron chi connectivity index (χ2n) is 7.18. The first-order valence-electron chi connectivity index (χ1n) is 8.55. The molecule has 0 aliphatic carbocycles. The number of imidazole rings is 1. The van der Waals surface area contributed by atoms with Crippen molar-refractivity contribution in [2.45, 2.75) is 27.2 Å². The van der Waals surface area contributed by atoms with E-state index in [2.05, 4.69) is 15.6 Å². The number of amides is 2. The Morgan fingerprint density at radius 2 is 1.93 bits per heavy atom. The number of rotatable bonds is 5. The number of carbonyl (C=O) groups excluding carboxylic acids is 2. The largest absolute Gasteiger partial charge is 0.355 e. The third-order valence-corrected chi connectivity index (χ3v) is 4.71. The number of hydrogen-bond acceptors (Lipinski definition) is 4. The summed E-state index contributed by atoms with van der Waals surface area (Å²) in [6.07, 6.45) is 1.96. The van der Waals surface area contributed by atoms with Gasteiger partial charge in [0.1, 0.15) is 17.3 Å². The van der Waals surface area contributed by atoms with Crippen molar-refractivity contribution in [3.8, 4) is 11.3 Å². The molecule has 2 heterocycles. The van der Waals surface area contributed by atoms with Gasteiger partial charge in [-0.2, -0.15) is 0 Å². The molecule has 2 N–H and O–H groups in total. The van der Waals surface area contributed by atoms with Crippen LogP contribution in [0.15, 0.2) is 35.8 Å². The molecular formula is C19H21FN4O2S. The van der Waals surface area contributed by atoms with Crippen molar-refractivity contribution in [1.82, 2.24) is 14.7 Å². The molecule has 0 radical (unpaired) electrons. The minimum atomic E-state index is -0.499. The first kappa shape index (κ1) is 19.0. The number of fused-ring (bicyclic) bond motifs is 1. The third-order valence-electron chi connectivity index (χ3n) is 3.96. The Balaban J connectivity index is 1.75. The molecule has 0 aliphatic heterocycles. The van der Waals surface area contributed by atoms with Crippen LogP contribution in [0.25, 0.3) is 16.2 Å². The zero-order chi connectivity index (χ0) is 19.6. The molecule has 8 heteroatoms. The van der Waals surface area contributed by atoms with Crippen LogP contribution in [0.3, 0.4) is 0 Å². The average molecular weight is 388 g/mol. The lowest BCUT2D eigenvalue weighted by atomic mass is 9.96. The molecule has 0 aliphatic rings. The molecule has 0 saturated carbocycles. The molecular weight excluding hydrogens is 367 g/mol. The maximum atomic E-state index is 13.2. The van der Waals surface area contributed by atoms with Crippen LogP contribution in [-0.2, 0) is 9.59 Å². The third kappa shape index (κ3) is 4.33. The van der Waals surface area contributed by atoms with E-state index in [1.807, 2.05) is 32.3 Å². The molecule has 6 nitrogen and oxygen atoms in total. The average Bonchev–Trinajstić information content (AvgIpc) is 3.17. The molecule has 27 heavy (non-hydrogen) atoms. The summed E-state index contributed by atoms with van der Waals surface area (Å²) in [5.74, 6) is -0.141. The van der Waals surface area contributed by atoms with E-state index in [0.29, 0.717) is 17.1 Å². The molecule has 0 bridgehead atoms. The standard InChI is InChI=1S/C19H21FN4O2S/c1-19(2,3)17(26)21-9-8-14(25)22-16-15(12-4-6-13(20)7-5-12)23-18-24(16)10-11-27-18/h4-7,10-11H,8-9H2,1-3H3,(H,21,26)(H,22,25). The number of nitrogens with one attached hydrogen (secondary N) is 2. The SMILES string of the molecule is CC(C)(C)C(=O)NCCC(=O)Nc1c(-c2ccc(F)cc2)nc2sccn12. The topological polar surface area (TPSA) is 75.5 Å². The van der Waals surface area contributed by atoms with E-state index < -0.39 is 5.41 Å². The molecule has 0 saturated heterocycles. The Hall–Kier alpha value is -2.74. The number of nitrogens with zero attached hydrogens (tertiary/aromatic N) is 2. The Bertz CT molecular complexity index is 970. The normalized spacial score (nSPS) is 11.6. The van der Waals surface area contributed by atoms with Crippen molar-refractivity contribution in [1.29, 1.82) is 0 Å². The van der Waals surface area contributed by atoms with Crippen LogP contribution in [0.5, 0.6) is 0 Å². The summed E-state index contributed by atoms with van der Waals surface area (Å²) >= 11 is 1.44. The number of aromatic nitrogens is 2. The molecule has 3 aromatic rings. The highest BCUT2D eigenvalue weighted by Crippen LogP contribution is 2.30. The molecule has 0 atom stereocenters. The first-order valence-corrected chi connectivity index (χ1v) is 9.43. The van der Waals surface area contributed by atoms with Gasteiger partial charge in [0.2, 0.25) is 11.8 Å². The summed E-state index contributed by atoms with van der Waals surface area (Å²) in [4.78, 5) is 29.5. The minimum absolute atomic E-state index is 0.105. The van der Waals surface area contributed by atoms with Crippen LogP contribution >= 0.6 is 11.3 Å². The minimum Gasteiger partial charge on any atom is -0.355 e. The Labute approximate surface area is 160 Å². The fraction of sp³-hybridized carbons (Fsp3) is 0.316. The van der Waals surface area contributed by atoms with Crippen LogP contribution in [-0.4, -0.2) is 27.7 Å². The second-order valence-corrected chi connectivity index (χ2v) is 8.05. The first-order chi connectivity index (χ1) is 12.8. The van der Waals surface area contributed by atoms with Crippen molar-refractivity contribution in [3.63, 3.8) is 0 Å². The van der Waals surface area contributed by atoms with E-state index in [1.165, 1.54) is 23.5 Å². The van der Waals surface area contributed by atoms with Crippen molar-refractivity contribution < 1.29 is 14.0 Å². The molecule has 0 spiro atoms. The van der Waals surface area contributed by atoms with Gasteiger partial charge >= 0.3 is 0 Å².